The average molecular weight is 276 g/mol. The Morgan fingerprint density at radius 3 is 2.46 bits per heavy atom. The Balaban J connectivity index is 2.62. The van der Waals surface area contributed by atoms with E-state index < -0.39 is 0 Å². The van der Waals surface area contributed by atoms with E-state index in [0.717, 1.165) is 11.0 Å². The molecule has 0 aliphatic carbocycles. The summed E-state index contributed by atoms with van der Waals surface area (Å²) < 4.78 is 1.10. The molecular formula is C9H10BrNS2-2. The maximum atomic E-state index is 4.95. The van der Waals surface area contributed by atoms with Crippen LogP contribution in [0.3, 0.4) is 0 Å². The van der Waals surface area contributed by atoms with Crippen molar-refractivity contribution in [1.29, 1.82) is 0 Å². The van der Waals surface area contributed by atoms with Crippen LogP contribution in [0.15, 0.2) is 28.7 Å². The van der Waals surface area contributed by atoms with Gasteiger partial charge in [-0.25, -0.2) is 0 Å². The second-order valence-electron chi connectivity index (χ2n) is 2.72. The maximum absolute atomic E-state index is 4.95. The zero-order valence-corrected chi connectivity index (χ0v) is 10.3. The molecule has 1 aromatic carbocycles. The molecule has 0 atom stereocenters. The molecule has 4 heteroatoms. The molecule has 0 spiro atoms. The molecule has 0 amide bonds. The Labute approximate surface area is 98.5 Å². The summed E-state index contributed by atoms with van der Waals surface area (Å²) in [4.78, 5) is 2.03. The largest absolute Gasteiger partial charge is 0.777 e. The first-order chi connectivity index (χ1) is 6.26. The van der Waals surface area contributed by atoms with E-state index >= 15 is 0 Å². The van der Waals surface area contributed by atoms with E-state index in [-0.39, 0.29) is 0 Å². The third-order valence-corrected chi connectivity index (χ3v) is 2.88. The highest BCUT2D eigenvalue weighted by Crippen LogP contribution is 2.12. The van der Waals surface area contributed by atoms with Gasteiger partial charge in [-0.1, -0.05) is 28.1 Å². The van der Waals surface area contributed by atoms with Crippen LogP contribution < -0.4 is 0 Å². The van der Waals surface area contributed by atoms with E-state index in [1.807, 2.05) is 17.0 Å². The van der Waals surface area contributed by atoms with Crippen LogP contribution >= 0.6 is 15.9 Å². The van der Waals surface area contributed by atoms with Crippen molar-refractivity contribution in [2.24, 2.45) is 0 Å². The van der Waals surface area contributed by atoms with Gasteiger partial charge in [-0.2, -0.15) is 0 Å². The summed E-state index contributed by atoms with van der Waals surface area (Å²) in [6.45, 7) is 0.840. The van der Waals surface area contributed by atoms with Crippen molar-refractivity contribution in [1.82, 2.24) is 4.90 Å². The van der Waals surface area contributed by atoms with Gasteiger partial charge in [0, 0.05) is 11.0 Å². The van der Waals surface area contributed by atoms with Crippen molar-refractivity contribution in [2.75, 3.05) is 11.8 Å². The van der Waals surface area contributed by atoms with Crippen LogP contribution in [-0.2, 0) is 31.8 Å². The first kappa shape index (κ1) is 11.4. The molecule has 72 valence electrons. The summed E-state index contributed by atoms with van der Waals surface area (Å²) in [5.74, 6) is 1.19. The number of nitrogens with zero attached hydrogens (tertiary/aromatic N) is 1. The van der Waals surface area contributed by atoms with Gasteiger partial charge >= 0.3 is 0 Å². The number of rotatable bonds is 4. The zero-order valence-electron chi connectivity index (χ0n) is 7.07. The number of benzene rings is 1. The monoisotopic (exact) mass is 275 g/mol. The van der Waals surface area contributed by atoms with Gasteiger partial charge in [0.15, 0.2) is 0 Å². The van der Waals surface area contributed by atoms with Gasteiger partial charge in [-0.3, -0.25) is 0 Å². The predicted octanol–water partition coefficient (Wildman–Crippen LogP) is 2.26. The zero-order chi connectivity index (χ0) is 9.68. The molecule has 0 aliphatic rings. The third kappa shape index (κ3) is 3.94. The summed E-state index contributed by atoms with van der Waals surface area (Å²) in [6.07, 6.45) is 0. The molecule has 13 heavy (non-hydrogen) atoms. The van der Waals surface area contributed by atoms with Crippen LogP contribution in [-0.4, -0.2) is 16.7 Å². The molecule has 1 nitrogen and oxygen atoms in total. The highest BCUT2D eigenvalue weighted by atomic mass is 79.9. The van der Waals surface area contributed by atoms with Crippen LogP contribution in [0.2, 0.25) is 0 Å². The van der Waals surface area contributed by atoms with Crippen LogP contribution in [0.4, 0.5) is 0 Å². The first-order valence-electron chi connectivity index (χ1n) is 3.89. The topological polar surface area (TPSA) is 3.24 Å². The fraction of sp³-hybridized carbons (Fsp3) is 0.333. The molecular weight excluding hydrogens is 266 g/mol. The molecule has 0 aromatic heterocycles. The molecule has 0 N–H and O–H groups in total. The normalized spacial score (nSPS) is 10.8. The lowest BCUT2D eigenvalue weighted by Gasteiger charge is -2.29. The lowest BCUT2D eigenvalue weighted by Crippen LogP contribution is -2.22. The van der Waals surface area contributed by atoms with Gasteiger partial charge in [0.05, 0.1) is 0 Å². The molecule has 1 aromatic rings. The summed E-state index contributed by atoms with van der Waals surface area (Å²) in [7, 11) is 0. The highest BCUT2D eigenvalue weighted by molar-refractivity contribution is 9.10. The summed E-state index contributed by atoms with van der Waals surface area (Å²) in [5.41, 5.74) is 1.24. The molecule has 0 heterocycles. The third-order valence-electron chi connectivity index (χ3n) is 1.66. The van der Waals surface area contributed by atoms with Crippen LogP contribution in [0.1, 0.15) is 5.56 Å². The average Bonchev–Trinajstić information content (AvgIpc) is 2.14. The Bertz CT molecular complexity index is 264. The Morgan fingerprint density at radius 1 is 1.23 bits per heavy atom. The number of hydrogen-bond donors (Lipinski definition) is 0. The lowest BCUT2D eigenvalue weighted by molar-refractivity contribution is 0.372. The minimum absolute atomic E-state index is 0.593. The molecule has 0 saturated heterocycles. The molecule has 1 rings (SSSR count). The molecule has 0 radical (unpaired) electrons. The quantitative estimate of drug-likeness (QED) is 0.777. The fourth-order valence-corrected chi connectivity index (χ4v) is 1.95. The van der Waals surface area contributed by atoms with Crippen molar-refractivity contribution >= 4 is 41.2 Å². The second kappa shape index (κ2) is 5.96. The highest BCUT2D eigenvalue weighted by Gasteiger charge is 1.95. The Morgan fingerprint density at radius 2 is 1.92 bits per heavy atom. The molecule has 0 unspecified atom stereocenters. The summed E-state index contributed by atoms with van der Waals surface area (Å²) in [5, 5.41) is 0. The van der Waals surface area contributed by atoms with Crippen LogP contribution in [0.5, 0.6) is 0 Å². The second-order valence-corrected chi connectivity index (χ2v) is 4.15. The molecule has 0 bridgehead atoms. The predicted molar refractivity (Wildman–Crippen MR) is 64.1 cm³/mol. The van der Waals surface area contributed by atoms with Crippen molar-refractivity contribution < 1.29 is 0 Å². The van der Waals surface area contributed by atoms with E-state index in [4.69, 9.17) is 25.3 Å². The van der Waals surface area contributed by atoms with Crippen molar-refractivity contribution in [2.45, 2.75) is 6.54 Å². The smallest absolute Gasteiger partial charge is 0.0194 e. The van der Waals surface area contributed by atoms with Crippen LogP contribution in [0, 0.1) is 0 Å². The summed E-state index contributed by atoms with van der Waals surface area (Å²) in [6, 6.07) is 8.19. The van der Waals surface area contributed by atoms with Gasteiger partial charge in [0.1, 0.15) is 0 Å². The Kier molecular flexibility index (Phi) is 5.24. The van der Waals surface area contributed by atoms with Gasteiger partial charge < -0.3 is 30.2 Å². The van der Waals surface area contributed by atoms with Gasteiger partial charge in [-0.15, -0.1) is 11.8 Å². The van der Waals surface area contributed by atoms with E-state index in [1.165, 1.54) is 5.56 Å². The summed E-state index contributed by atoms with van der Waals surface area (Å²) >= 11 is 13.3. The van der Waals surface area contributed by atoms with Crippen molar-refractivity contribution in [3.05, 3.63) is 34.3 Å². The number of hydrogen-bond acceptors (Lipinski definition) is 3. The van der Waals surface area contributed by atoms with Crippen LogP contribution in [0.25, 0.3) is 0 Å². The van der Waals surface area contributed by atoms with E-state index in [0.29, 0.717) is 11.8 Å². The Hall–Kier alpha value is 0.360. The first-order valence-corrected chi connectivity index (χ1v) is 5.84. The number of halogens is 1. The molecule has 0 fully saturated rings. The van der Waals surface area contributed by atoms with Gasteiger partial charge in [0.25, 0.3) is 0 Å². The standard InChI is InChI=1S/C9H12BrNS2/c10-9-3-1-2-8(4-9)5-11(6-12)7-13/h1-4,12-13H,5-7H2/p-2. The maximum Gasteiger partial charge on any atom is 0.0194 e. The minimum atomic E-state index is 0.593. The SMILES string of the molecule is [S-]CN(C[S-])Cc1cccc(Br)c1. The van der Waals surface area contributed by atoms with E-state index in [1.54, 1.807) is 0 Å². The van der Waals surface area contributed by atoms with Gasteiger partial charge in [-0.05, 0) is 17.7 Å². The minimum Gasteiger partial charge on any atom is -0.777 e. The molecule has 0 saturated carbocycles. The van der Waals surface area contributed by atoms with Gasteiger partial charge in [0.2, 0.25) is 0 Å². The van der Waals surface area contributed by atoms with E-state index in [2.05, 4.69) is 28.1 Å². The molecule has 0 aliphatic heterocycles. The van der Waals surface area contributed by atoms with Crippen molar-refractivity contribution in [3.8, 4) is 0 Å². The fourth-order valence-electron chi connectivity index (χ4n) is 1.02. The lowest BCUT2D eigenvalue weighted by atomic mass is 10.2. The van der Waals surface area contributed by atoms with Crippen molar-refractivity contribution in [3.63, 3.8) is 0 Å². The van der Waals surface area contributed by atoms with E-state index in [9.17, 15) is 0 Å².